The van der Waals surface area contributed by atoms with E-state index in [-0.39, 0.29) is 5.92 Å². The Morgan fingerprint density at radius 1 is 1.40 bits per heavy atom. The molecule has 0 aliphatic rings. The number of nitrogens with one attached hydrogen (secondary N) is 1. The van der Waals surface area contributed by atoms with Gasteiger partial charge in [-0.15, -0.1) is 0 Å². The number of carbonyl (C=O) groups is 1. The number of hydrogen-bond donors (Lipinski definition) is 1. The van der Waals surface area contributed by atoms with Crippen molar-refractivity contribution in [2.45, 2.75) is 30.6 Å². The molecule has 1 N–H and O–H groups in total. The van der Waals surface area contributed by atoms with Gasteiger partial charge in [-0.1, -0.05) is 54.7 Å². The van der Waals surface area contributed by atoms with Crippen molar-refractivity contribution in [2.75, 3.05) is 0 Å². The van der Waals surface area contributed by atoms with Gasteiger partial charge in [-0.25, -0.2) is 4.39 Å². The van der Waals surface area contributed by atoms with Gasteiger partial charge in [0.05, 0.1) is 6.04 Å². The van der Waals surface area contributed by atoms with Gasteiger partial charge < -0.3 is 5.32 Å². The molecule has 0 heterocycles. The molecule has 1 amide bonds. The topological polar surface area (TPSA) is 29.1 Å². The molecule has 0 saturated heterocycles. The first-order valence-electron chi connectivity index (χ1n) is 4.39. The molecule has 0 fully saturated rings. The first-order chi connectivity index (χ1) is 6.70. The van der Waals surface area contributed by atoms with E-state index < -0.39 is 21.6 Å². The molecule has 0 bridgehead atoms. The maximum absolute atomic E-state index is 13.3. The zero-order valence-electron chi connectivity index (χ0n) is 8.65. The third kappa shape index (κ3) is 5.05. The molecule has 0 unspecified atom stereocenters. The molecule has 0 spiro atoms. The first kappa shape index (κ1) is 15.0. The lowest BCUT2D eigenvalue weighted by Gasteiger charge is -2.22. The van der Waals surface area contributed by atoms with Crippen molar-refractivity contribution in [1.82, 2.24) is 5.32 Å². The number of amides is 1. The van der Waals surface area contributed by atoms with Gasteiger partial charge in [0.25, 0.3) is 9.70 Å². The lowest BCUT2D eigenvalue weighted by Crippen LogP contribution is -2.44. The third-order valence-corrected chi connectivity index (χ3v) is 2.30. The molecular formula is C9H13Cl3FNO. The average molecular weight is 277 g/mol. The predicted octanol–water partition coefficient (Wildman–Crippen LogP) is 3.37. The number of hydrogen-bond acceptors (Lipinski definition) is 1. The summed E-state index contributed by atoms with van der Waals surface area (Å²) < 4.78 is 11.2. The van der Waals surface area contributed by atoms with Crippen LogP contribution in [-0.2, 0) is 4.79 Å². The summed E-state index contributed by atoms with van der Waals surface area (Å²) in [7, 11) is 0. The Bertz CT molecular complexity index is 261. The van der Waals surface area contributed by atoms with E-state index in [2.05, 4.69) is 5.32 Å². The average Bonchev–Trinajstić information content (AvgIpc) is 2.10. The fraction of sp³-hybridized carbons (Fsp3) is 0.667. The van der Waals surface area contributed by atoms with Crippen molar-refractivity contribution < 1.29 is 9.18 Å². The van der Waals surface area contributed by atoms with Crippen molar-refractivity contribution in [3.05, 3.63) is 11.9 Å². The monoisotopic (exact) mass is 275 g/mol. The highest BCUT2D eigenvalue weighted by molar-refractivity contribution is 6.76. The lowest BCUT2D eigenvalue weighted by atomic mass is 10.0. The molecule has 0 aromatic carbocycles. The van der Waals surface area contributed by atoms with Crippen LogP contribution in [0.5, 0.6) is 0 Å². The SMILES string of the molecule is C/C=C(\F)[C@@H](NC(=O)C(Cl)(Cl)Cl)C(C)C. The summed E-state index contributed by atoms with van der Waals surface area (Å²) in [5.74, 6) is -1.41. The molecule has 15 heavy (non-hydrogen) atoms. The largest absolute Gasteiger partial charge is 0.343 e. The van der Waals surface area contributed by atoms with Crippen LogP contribution in [0.2, 0.25) is 0 Å². The first-order valence-corrected chi connectivity index (χ1v) is 5.53. The standard InChI is InChI=1S/C9H13Cl3FNO/c1-4-6(13)7(5(2)3)14-8(15)9(10,11)12/h4-5,7H,1-3H3,(H,14,15)/b6-4-/t7-/m0/s1. The number of rotatable bonds is 3. The maximum Gasteiger partial charge on any atom is 0.272 e. The van der Waals surface area contributed by atoms with Crippen molar-refractivity contribution in [3.8, 4) is 0 Å². The molecule has 0 aromatic rings. The Kier molecular flexibility index (Phi) is 5.93. The molecule has 6 heteroatoms. The maximum atomic E-state index is 13.3. The number of carbonyl (C=O) groups excluding carboxylic acids is 1. The minimum absolute atomic E-state index is 0.127. The second-order valence-electron chi connectivity index (χ2n) is 3.37. The van der Waals surface area contributed by atoms with Crippen LogP contribution in [0.25, 0.3) is 0 Å². The molecule has 0 aromatic heterocycles. The van der Waals surface area contributed by atoms with Gasteiger partial charge in [0.1, 0.15) is 5.83 Å². The number of alkyl halides is 3. The predicted molar refractivity (Wildman–Crippen MR) is 61.9 cm³/mol. The Hall–Kier alpha value is 0.01000. The zero-order chi connectivity index (χ0) is 12.2. The molecule has 0 aliphatic carbocycles. The highest BCUT2D eigenvalue weighted by Gasteiger charge is 2.33. The van der Waals surface area contributed by atoms with Crippen LogP contribution in [0.3, 0.4) is 0 Å². The van der Waals surface area contributed by atoms with E-state index in [1.54, 1.807) is 13.8 Å². The summed E-state index contributed by atoms with van der Waals surface area (Å²) >= 11 is 16.1. The van der Waals surface area contributed by atoms with Crippen LogP contribution in [-0.4, -0.2) is 15.7 Å². The van der Waals surface area contributed by atoms with Crippen LogP contribution >= 0.6 is 34.8 Å². The molecule has 88 valence electrons. The zero-order valence-corrected chi connectivity index (χ0v) is 10.9. The van der Waals surface area contributed by atoms with E-state index in [4.69, 9.17) is 34.8 Å². The Labute approximate surface area is 104 Å². The summed E-state index contributed by atoms with van der Waals surface area (Å²) in [6.07, 6.45) is 1.27. The highest BCUT2D eigenvalue weighted by Crippen LogP contribution is 2.27. The van der Waals surface area contributed by atoms with Gasteiger partial charge in [-0.2, -0.15) is 0 Å². The summed E-state index contributed by atoms with van der Waals surface area (Å²) in [5, 5.41) is 2.33. The molecule has 0 rings (SSSR count). The van der Waals surface area contributed by atoms with E-state index in [0.29, 0.717) is 0 Å². The van der Waals surface area contributed by atoms with Gasteiger partial charge >= 0.3 is 0 Å². The smallest absolute Gasteiger partial charge is 0.272 e. The number of allylic oxidation sites excluding steroid dienone is 1. The normalized spacial score (nSPS) is 15.3. The Morgan fingerprint density at radius 2 is 1.87 bits per heavy atom. The lowest BCUT2D eigenvalue weighted by molar-refractivity contribution is -0.121. The summed E-state index contributed by atoms with van der Waals surface area (Å²) in [6, 6.07) is -0.766. The van der Waals surface area contributed by atoms with Crippen LogP contribution in [0, 0.1) is 5.92 Å². The van der Waals surface area contributed by atoms with Gasteiger partial charge in [0, 0.05) is 0 Å². The second-order valence-corrected chi connectivity index (χ2v) is 5.65. The summed E-state index contributed by atoms with van der Waals surface area (Å²) in [6.45, 7) is 5.05. The van der Waals surface area contributed by atoms with E-state index in [1.807, 2.05) is 0 Å². The van der Waals surface area contributed by atoms with Crippen molar-refractivity contribution in [3.63, 3.8) is 0 Å². The second kappa shape index (κ2) is 5.92. The van der Waals surface area contributed by atoms with Crippen LogP contribution in [0.15, 0.2) is 11.9 Å². The summed E-state index contributed by atoms with van der Waals surface area (Å²) in [5.41, 5.74) is 0. The Balaban J connectivity index is 4.65. The Morgan fingerprint density at radius 3 is 2.13 bits per heavy atom. The molecular weight excluding hydrogens is 263 g/mol. The van der Waals surface area contributed by atoms with E-state index >= 15 is 0 Å². The minimum atomic E-state index is -2.07. The van der Waals surface area contributed by atoms with E-state index in [1.165, 1.54) is 13.0 Å². The van der Waals surface area contributed by atoms with Crippen LogP contribution in [0.4, 0.5) is 4.39 Å². The molecule has 0 aliphatic heterocycles. The van der Waals surface area contributed by atoms with Crippen molar-refractivity contribution >= 4 is 40.7 Å². The molecule has 2 nitrogen and oxygen atoms in total. The third-order valence-electron chi connectivity index (χ3n) is 1.78. The van der Waals surface area contributed by atoms with Gasteiger partial charge in [-0.05, 0) is 12.8 Å². The number of halogens is 4. The van der Waals surface area contributed by atoms with Crippen LogP contribution < -0.4 is 5.32 Å². The van der Waals surface area contributed by atoms with Crippen molar-refractivity contribution in [2.24, 2.45) is 5.92 Å². The summed E-state index contributed by atoms with van der Waals surface area (Å²) in [4.78, 5) is 11.3. The fourth-order valence-electron chi connectivity index (χ4n) is 0.957. The van der Waals surface area contributed by atoms with Gasteiger partial charge in [0.2, 0.25) is 0 Å². The fourth-order valence-corrected chi connectivity index (χ4v) is 1.12. The minimum Gasteiger partial charge on any atom is -0.343 e. The molecule has 1 atom stereocenters. The van der Waals surface area contributed by atoms with Crippen LogP contribution in [0.1, 0.15) is 20.8 Å². The van der Waals surface area contributed by atoms with Crippen molar-refractivity contribution in [1.29, 1.82) is 0 Å². The van der Waals surface area contributed by atoms with Gasteiger partial charge in [-0.3, -0.25) is 4.79 Å². The highest BCUT2D eigenvalue weighted by atomic mass is 35.6. The van der Waals surface area contributed by atoms with E-state index in [9.17, 15) is 9.18 Å². The van der Waals surface area contributed by atoms with Gasteiger partial charge in [0.15, 0.2) is 0 Å². The molecule has 0 saturated carbocycles. The van der Waals surface area contributed by atoms with E-state index in [0.717, 1.165) is 0 Å². The molecule has 0 radical (unpaired) electrons. The quantitative estimate of drug-likeness (QED) is 0.787.